The van der Waals surface area contributed by atoms with Gasteiger partial charge in [-0.2, -0.15) is 0 Å². The zero-order chi connectivity index (χ0) is 13.3. The maximum atomic E-state index is 10.8. The quantitative estimate of drug-likeness (QED) is 0.659. The van der Waals surface area contributed by atoms with Gasteiger partial charge < -0.3 is 5.11 Å². The van der Waals surface area contributed by atoms with Crippen molar-refractivity contribution < 1.29 is 10.0 Å². The number of phenolic OH excluding ortho intramolecular Hbond substituents is 1. The second-order valence-electron chi connectivity index (χ2n) is 3.92. The summed E-state index contributed by atoms with van der Waals surface area (Å²) in [5.41, 5.74) is 2.14. The van der Waals surface area contributed by atoms with Crippen LogP contribution in [0.1, 0.15) is 5.56 Å². The van der Waals surface area contributed by atoms with E-state index in [2.05, 4.69) is 0 Å². The summed E-state index contributed by atoms with van der Waals surface area (Å²) in [6, 6.07) is 9.62. The molecule has 0 aliphatic heterocycles. The summed E-state index contributed by atoms with van der Waals surface area (Å²) in [5.74, 6) is -0.338. The molecule has 0 unspecified atom stereocenters. The van der Waals surface area contributed by atoms with Crippen molar-refractivity contribution in [3.05, 3.63) is 57.1 Å². The molecule has 0 fully saturated rings. The van der Waals surface area contributed by atoms with Crippen molar-refractivity contribution in [2.45, 2.75) is 6.92 Å². The number of hydrogen-bond donors (Lipinski definition) is 1. The van der Waals surface area contributed by atoms with Crippen LogP contribution >= 0.6 is 11.6 Å². The van der Waals surface area contributed by atoms with Gasteiger partial charge in [0.25, 0.3) is 0 Å². The van der Waals surface area contributed by atoms with E-state index in [1.54, 1.807) is 24.3 Å². The van der Waals surface area contributed by atoms with E-state index in [0.717, 1.165) is 11.1 Å². The van der Waals surface area contributed by atoms with Crippen molar-refractivity contribution in [1.82, 2.24) is 0 Å². The van der Waals surface area contributed by atoms with Crippen LogP contribution in [-0.2, 0) is 0 Å². The van der Waals surface area contributed by atoms with Gasteiger partial charge in [-0.05, 0) is 41.8 Å². The van der Waals surface area contributed by atoms with E-state index in [-0.39, 0.29) is 11.4 Å². The molecule has 0 atom stereocenters. The third kappa shape index (κ3) is 2.28. The Balaban J connectivity index is 2.58. The summed E-state index contributed by atoms with van der Waals surface area (Å²) < 4.78 is 0. The van der Waals surface area contributed by atoms with E-state index < -0.39 is 4.92 Å². The molecular weight excluding hydrogens is 254 g/mol. The summed E-state index contributed by atoms with van der Waals surface area (Å²) in [7, 11) is 0. The van der Waals surface area contributed by atoms with Crippen LogP contribution < -0.4 is 0 Å². The number of nitro groups is 1. The second kappa shape index (κ2) is 4.66. The summed E-state index contributed by atoms with van der Waals surface area (Å²) in [5, 5.41) is 20.8. The number of nitrogens with zero attached hydrogens (tertiary/aromatic N) is 1. The van der Waals surface area contributed by atoms with E-state index in [0.29, 0.717) is 10.6 Å². The molecule has 0 heterocycles. The summed E-state index contributed by atoms with van der Waals surface area (Å²) in [6.45, 7) is 1.87. The van der Waals surface area contributed by atoms with E-state index in [4.69, 9.17) is 11.6 Å². The van der Waals surface area contributed by atoms with Gasteiger partial charge in [0.15, 0.2) is 5.75 Å². The lowest BCUT2D eigenvalue weighted by molar-refractivity contribution is -0.385. The fourth-order valence-electron chi connectivity index (χ4n) is 1.79. The lowest BCUT2D eigenvalue weighted by Gasteiger charge is -2.07. The number of aromatic hydroxyl groups is 1. The van der Waals surface area contributed by atoms with Crippen LogP contribution in [0.3, 0.4) is 0 Å². The van der Waals surface area contributed by atoms with Gasteiger partial charge in [0.1, 0.15) is 0 Å². The van der Waals surface area contributed by atoms with Crippen LogP contribution in [0, 0.1) is 17.0 Å². The Hall–Kier alpha value is -2.07. The topological polar surface area (TPSA) is 63.4 Å². The van der Waals surface area contributed by atoms with Crippen molar-refractivity contribution in [2.75, 3.05) is 0 Å². The van der Waals surface area contributed by atoms with Gasteiger partial charge in [-0.15, -0.1) is 0 Å². The number of phenols is 1. The molecule has 0 radical (unpaired) electrons. The Morgan fingerprint density at radius 2 is 1.94 bits per heavy atom. The molecule has 0 aromatic heterocycles. The number of benzene rings is 2. The molecule has 2 aromatic rings. The zero-order valence-electron chi connectivity index (χ0n) is 9.55. The van der Waals surface area contributed by atoms with Gasteiger partial charge in [-0.3, -0.25) is 10.1 Å². The molecule has 0 bridgehead atoms. The highest BCUT2D eigenvalue weighted by Gasteiger charge is 2.15. The SMILES string of the molecule is Cc1cc(Cl)ccc1-c1ccc(O)c([N+](=O)[O-])c1. The average molecular weight is 264 g/mol. The predicted octanol–water partition coefficient (Wildman–Crippen LogP) is 3.93. The molecule has 4 nitrogen and oxygen atoms in total. The van der Waals surface area contributed by atoms with E-state index in [1.165, 1.54) is 12.1 Å². The number of aryl methyl sites for hydroxylation is 1. The summed E-state index contributed by atoms with van der Waals surface area (Å²) in [4.78, 5) is 10.2. The van der Waals surface area contributed by atoms with Gasteiger partial charge in [0.2, 0.25) is 0 Å². The minimum absolute atomic E-state index is 0.304. The third-order valence-electron chi connectivity index (χ3n) is 2.67. The normalized spacial score (nSPS) is 10.3. The molecule has 5 heteroatoms. The maximum Gasteiger partial charge on any atom is 0.311 e. The Morgan fingerprint density at radius 1 is 1.22 bits per heavy atom. The molecule has 0 amide bonds. The first kappa shape index (κ1) is 12.4. The van der Waals surface area contributed by atoms with Gasteiger partial charge >= 0.3 is 5.69 Å². The van der Waals surface area contributed by atoms with Crippen LogP contribution in [0.5, 0.6) is 5.75 Å². The van der Waals surface area contributed by atoms with Crippen LogP contribution in [0.15, 0.2) is 36.4 Å². The van der Waals surface area contributed by atoms with Crippen LogP contribution in [-0.4, -0.2) is 10.0 Å². The lowest BCUT2D eigenvalue weighted by Crippen LogP contribution is -1.90. The van der Waals surface area contributed by atoms with Gasteiger partial charge in [-0.25, -0.2) is 0 Å². The molecule has 2 aromatic carbocycles. The first-order valence-electron chi connectivity index (χ1n) is 5.23. The zero-order valence-corrected chi connectivity index (χ0v) is 10.3. The molecule has 92 valence electrons. The van der Waals surface area contributed by atoms with Crippen molar-refractivity contribution >= 4 is 17.3 Å². The Morgan fingerprint density at radius 3 is 2.56 bits per heavy atom. The predicted molar refractivity (Wildman–Crippen MR) is 69.9 cm³/mol. The number of halogens is 1. The van der Waals surface area contributed by atoms with E-state index >= 15 is 0 Å². The molecule has 0 saturated heterocycles. The Labute approximate surface area is 109 Å². The Kier molecular flexibility index (Phi) is 3.21. The maximum absolute atomic E-state index is 10.8. The molecule has 2 rings (SSSR count). The summed E-state index contributed by atoms with van der Waals surface area (Å²) >= 11 is 5.86. The van der Waals surface area contributed by atoms with E-state index in [9.17, 15) is 15.2 Å². The van der Waals surface area contributed by atoms with Crippen molar-refractivity contribution in [3.63, 3.8) is 0 Å². The molecule has 1 N–H and O–H groups in total. The largest absolute Gasteiger partial charge is 0.502 e. The molecule has 0 aliphatic rings. The van der Waals surface area contributed by atoms with Gasteiger partial charge in [-0.1, -0.05) is 23.7 Å². The second-order valence-corrected chi connectivity index (χ2v) is 4.36. The highest BCUT2D eigenvalue weighted by molar-refractivity contribution is 6.30. The number of rotatable bonds is 2. The van der Waals surface area contributed by atoms with E-state index in [1.807, 2.05) is 6.92 Å². The van der Waals surface area contributed by atoms with Crippen molar-refractivity contribution in [2.24, 2.45) is 0 Å². The minimum Gasteiger partial charge on any atom is -0.502 e. The highest BCUT2D eigenvalue weighted by Crippen LogP contribution is 2.33. The standard InChI is InChI=1S/C13H10ClNO3/c1-8-6-10(14)3-4-11(8)9-2-5-13(16)12(7-9)15(17)18/h2-7,16H,1H3. The molecular formula is C13H10ClNO3. The fourth-order valence-corrected chi connectivity index (χ4v) is 2.01. The molecule has 0 aliphatic carbocycles. The van der Waals surface area contributed by atoms with Gasteiger partial charge in [0, 0.05) is 11.1 Å². The molecule has 0 saturated carbocycles. The lowest BCUT2D eigenvalue weighted by atomic mass is 10.00. The number of hydrogen-bond acceptors (Lipinski definition) is 3. The summed E-state index contributed by atoms with van der Waals surface area (Å²) in [6.07, 6.45) is 0. The molecule has 18 heavy (non-hydrogen) atoms. The van der Waals surface area contributed by atoms with Crippen LogP contribution in [0.2, 0.25) is 5.02 Å². The first-order valence-corrected chi connectivity index (χ1v) is 5.61. The van der Waals surface area contributed by atoms with Crippen LogP contribution in [0.25, 0.3) is 11.1 Å². The smallest absolute Gasteiger partial charge is 0.311 e. The van der Waals surface area contributed by atoms with Crippen LogP contribution in [0.4, 0.5) is 5.69 Å². The minimum atomic E-state index is -0.607. The van der Waals surface area contributed by atoms with Gasteiger partial charge in [0.05, 0.1) is 4.92 Å². The monoisotopic (exact) mass is 263 g/mol. The van der Waals surface area contributed by atoms with Crippen molar-refractivity contribution in [1.29, 1.82) is 0 Å². The number of nitro benzene ring substituents is 1. The Bertz CT molecular complexity index is 626. The highest BCUT2D eigenvalue weighted by atomic mass is 35.5. The third-order valence-corrected chi connectivity index (χ3v) is 2.91. The van der Waals surface area contributed by atoms with Crippen molar-refractivity contribution in [3.8, 4) is 16.9 Å². The molecule has 0 spiro atoms. The fraction of sp³-hybridized carbons (Fsp3) is 0.0769. The average Bonchev–Trinajstić information content (AvgIpc) is 2.30. The first-order chi connectivity index (χ1) is 8.49.